The smallest absolute Gasteiger partial charge is 0.305 e. The number of aliphatic hydroxyl groups is 2. The van der Waals surface area contributed by atoms with Crippen LogP contribution in [0.15, 0.2) is 36.5 Å². The predicted molar refractivity (Wildman–Crippen MR) is 190 cm³/mol. The summed E-state index contributed by atoms with van der Waals surface area (Å²) >= 11 is 0. The number of unbranched alkanes of at least 4 members (excludes halogenated alkanes) is 16. The van der Waals surface area contributed by atoms with Gasteiger partial charge in [0.2, 0.25) is 5.91 Å². The monoisotopic (exact) mass is 634 g/mol. The Morgan fingerprint density at radius 2 is 1.11 bits per heavy atom. The molecule has 6 heteroatoms. The molecule has 262 valence electrons. The van der Waals surface area contributed by atoms with Gasteiger partial charge in [-0.2, -0.15) is 0 Å². The van der Waals surface area contributed by atoms with E-state index in [1.165, 1.54) is 57.8 Å². The normalized spacial score (nSPS) is 13.2. The van der Waals surface area contributed by atoms with E-state index in [1.807, 2.05) is 0 Å². The van der Waals surface area contributed by atoms with Crippen molar-refractivity contribution < 1.29 is 24.5 Å². The number of hydrogen-bond acceptors (Lipinski definition) is 5. The lowest BCUT2D eigenvalue weighted by atomic mass is 10.1. The molecular weight excluding hydrogens is 562 g/mol. The van der Waals surface area contributed by atoms with Crippen LogP contribution in [0.1, 0.15) is 174 Å². The number of ether oxygens (including phenoxy) is 1. The highest BCUT2D eigenvalue weighted by Gasteiger charge is 2.10. The summed E-state index contributed by atoms with van der Waals surface area (Å²) in [5, 5.41) is 22.8. The highest BCUT2D eigenvalue weighted by atomic mass is 16.5. The van der Waals surface area contributed by atoms with E-state index in [-0.39, 0.29) is 31.1 Å². The van der Waals surface area contributed by atoms with Crippen LogP contribution in [0.3, 0.4) is 0 Å². The van der Waals surface area contributed by atoms with Crippen LogP contribution in [-0.2, 0) is 14.3 Å². The summed E-state index contributed by atoms with van der Waals surface area (Å²) in [6.45, 7) is 4.46. The minimum Gasteiger partial charge on any atom is -0.463 e. The molecular formula is C39H71NO5. The van der Waals surface area contributed by atoms with Gasteiger partial charge in [0.1, 0.15) is 12.7 Å². The van der Waals surface area contributed by atoms with E-state index < -0.39 is 6.10 Å². The van der Waals surface area contributed by atoms with Crippen molar-refractivity contribution in [3.05, 3.63) is 36.5 Å². The number of amides is 1. The first-order chi connectivity index (χ1) is 22.0. The van der Waals surface area contributed by atoms with Crippen molar-refractivity contribution in [2.75, 3.05) is 13.2 Å². The van der Waals surface area contributed by atoms with Gasteiger partial charge in [0, 0.05) is 19.4 Å². The molecule has 0 saturated heterocycles. The van der Waals surface area contributed by atoms with E-state index in [1.54, 1.807) is 0 Å². The molecule has 6 nitrogen and oxygen atoms in total. The molecule has 0 spiro atoms. The second-order valence-corrected chi connectivity index (χ2v) is 12.6. The van der Waals surface area contributed by atoms with Gasteiger partial charge >= 0.3 is 5.97 Å². The van der Waals surface area contributed by atoms with Crippen molar-refractivity contribution in [3.8, 4) is 0 Å². The minimum absolute atomic E-state index is 0.0584. The third kappa shape index (κ3) is 34.8. The van der Waals surface area contributed by atoms with Gasteiger partial charge < -0.3 is 20.3 Å². The van der Waals surface area contributed by atoms with E-state index in [0.717, 1.165) is 89.9 Å². The second kappa shape index (κ2) is 34.9. The average Bonchev–Trinajstić information content (AvgIpc) is 3.03. The zero-order valence-corrected chi connectivity index (χ0v) is 29.3. The molecule has 0 fully saturated rings. The molecule has 1 amide bonds. The molecule has 0 aromatic carbocycles. The fourth-order valence-corrected chi connectivity index (χ4v) is 5.09. The van der Waals surface area contributed by atoms with Gasteiger partial charge in [-0.05, 0) is 70.6 Å². The lowest BCUT2D eigenvalue weighted by Gasteiger charge is -2.12. The number of esters is 1. The summed E-state index contributed by atoms with van der Waals surface area (Å²) in [4.78, 5) is 24.0. The lowest BCUT2D eigenvalue weighted by Crippen LogP contribution is -2.35. The highest BCUT2D eigenvalue weighted by Crippen LogP contribution is 2.11. The molecule has 0 aliphatic rings. The number of rotatable bonds is 33. The molecule has 0 aliphatic heterocycles. The Morgan fingerprint density at radius 1 is 0.600 bits per heavy atom. The van der Waals surface area contributed by atoms with Crippen LogP contribution in [-0.4, -0.2) is 47.4 Å². The summed E-state index contributed by atoms with van der Waals surface area (Å²) in [7, 11) is 0. The third-order valence-electron chi connectivity index (χ3n) is 8.04. The van der Waals surface area contributed by atoms with Crippen molar-refractivity contribution in [3.63, 3.8) is 0 Å². The van der Waals surface area contributed by atoms with Gasteiger partial charge in [-0.15, -0.1) is 0 Å². The number of carbonyl (C=O) groups excluding carboxylic acids is 2. The van der Waals surface area contributed by atoms with Gasteiger partial charge in [-0.1, -0.05) is 127 Å². The molecule has 0 radical (unpaired) electrons. The van der Waals surface area contributed by atoms with Crippen molar-refractivity contribution >= 4 is 11.9 Å². The Kier molecular flexibility index (Phi) is 33.5. The molecule has 0 saturated carbocycles. The molecule has 3 N–H and O–H groups in total. The summed E-state index contributed by atoms with van der Waals surface area (Å²) in [6.07, 6.45) is 38.4. The van der Waals surface area contributed by atoms with Gasteiger partial charge in [-0.3, -0.25) is 9.59 Å². The molecule has 0 bridgehead atoms. The highest BCUT2D eigenvalue weighted by molar-refractivity contribution is 5.75. The van der Waals surface area contributed by atoms with E-state index in [9.17, 15) is 19.8 Å². The third-order valence-corrected chi connectivity index (χ3v) is 8.04. The van der Waals surface area contributed by atoms with Crippen molar-refractivity contribution in [2.45, 2.75) is 187 Å². The predicted octanol–water partition coefficient (Wildman–Crippen LogP) is 9.83. The largest absolute Gasteiger partial charge is 0.463 e. The molecule has 0 aliphatic carbocycles. The standard InChI is InChI=1S/C39H71NO5/c1-3-5-7-9-10-11-12-13-14-15-16-17-21-24-28-32-38(43)40-34-37(42)35-45-39(44)33-29-25-22-19-18-20-23-27-31-36(41)30-26-8-6-4-2/h10-11,13-14,23,27,36-37,41-42H,3-9,12,15-22,24-26,28-35H2,1-2H3,(H,40,43)/b11-10-,14-13-,27-23-/t36-,37?/m0/s1. The van der Waals surface area contributed by atoms with Crippen LogP contribution < -0.4 is 5.32 Å². The summed E-state index contributed by atoms with van der Waals surface area (Å²) in [5.74, 6) is -0.348. The van der Waals surface area contributed by atoms with Crippen LogP contribution in [0, 0.1) is 0 Å². The maximum atomic E-state index is 12.0. The Morgan fingerprint density at radius 3 is 1.76 bits per heavy atom. The van der Waals surface area contributed by atoms with Gasteiger partial charge in [0.25, 0.3) is 0 Å². The Bertz CT molecular complexity index is 748. The van der Waals surface area contributed by atoms with Crippen LogP contribution in [0.4, 0.5) is 0 Å². The Hall–Kier alpha value is -1.92. The molecule has 2 atom stereocenters. The van der Waals surface area contributed by atoms with Crippen molar-refractivity contribution in [2.24, 2.45) is 0 Å². The number of aliphatic hydroxyl groups excluding tert-OH is 2. The van der Waals surface area contributed by atoms with E-state index in [2.05, 4.69) is 55.6 Å². The Balaban J connectivity index is 3.53. The van der Waals surface area contributed by atoms with Crippen molar-refractivity contribution in [1.29, 1.82) is 0 Å². The van der Waals surface area contributed by atoms with E-state index in [4.69, 9.17) is 4.74 Å². The van der Waals surface area contributed by atoms with Crippen LogP contribution in [0.25, 0.3) is 0 Å². The number of hydrogen-bond donors (Lipinski definition) is 3. The second-order valence-electron chi connectivity index (χ2n) is 12.6. The summed E-state index contributed by atoms with van der Waals surface area (Å²) in [5.41, 5.74) is 0. The SMILES string of the molecule is CCCCC/C=C\C/C=C\CCCCCCCC(=O)NCC(O)COC(=O)CCCCCCC/C=C\C[C@@H](O)CCCCCC. The number of allylic oxidation sites excluding steroid dienone is 5. The first-order valence-corrected chi connectivity index (χ1v) is 18.7. The fraction of sp³-hybridized carbons (Fsp3) is 0.795. The summed E-state index contributed by atoms with van der Waals surface area (Å²) in [6, 6.07) is 0. The molecule has 1 unspecified atom stereocenters. The van der Waals surface area contributed by atoms with Gasteiger partial charge in [-0.25, -0.2) is 0 Å². The fourth-order valence-electron chi connectivity index (χ4n) is 5.09. The molecule has 0 heterocycles. The molecule has 0 aromatic rings. The molecule has 0 rings (SSSR count). The van der Waals surface area contributed by atoms with Gasteiger partial charge in [0.15, 0.2) is 0 Å². The topological polar surface area (TPSA) is 95.9 Å². The minimum atomic E-state index is -0.877. The maximum absolute atomic E-state index is 12.0. The zero-order valence-electron chi connectivity index (χ0n) is 29.3. The average molecular weight is 634 g/mol. The van der Waals surface area contributed by atoms with Crippen LogP contribution in [0.2, 0.25) is 0 Å². The van der Waals surface area contributed by atoms with Gasteiger partial charge in [0.05, 0.1) is 6.10 Å². The Labute approximate surface area is 277 Å². The van der Waals surface area contributed by atoms with Crippen LogP contribution in [0.5, 0.6) is 0 Å². The number of nitrogens with one attached hydrogen (secondary N) is 1. The lowest BCUT2D eigenvalue weighted by molar-refractivity contribution is -0.146. The van der Waals surface area contributed by atoms with Crippen LogP contribution >= 0.6 is 0 Å². The quantitative estimate of drug-likeness (QED) is 0.0380. The number of carbonyl (C=O) groups is 2. The first kappa shape index (κ1) is 43.1. The van der Waals surface area contributed by atoms with E-state index in [0.29, 0.717) is 12.8 Å². The zero-order chi connectivity index (χ0) is 33.1. The molecule has 45 heavy (non-hydrogen) atoms. The van der Waals surface area contributed by atoms with Crippen molar-refractivity contribution in [1.82, 2.24) is 5.32 Å². The first-order valence-electron chi connectivity index (χ1n) is 18.7. The summed E-state index contributed by atoms with van der Waals surface area (Å²) < 4.78 is 5.18. The maximum Gasteiger partial charge on any atom is 0.305 e. The molecule has 0 aromatic heterocycles. The van der Waals surface area contributed by atoms with E-state index >= 15 is 0 Å².